The summed E-state index contributed by atoms with van der Waals surface area (Å²) in [5.41, 5.74) is 2.02. The van der Waals surface area contributed by atoms with Crippen molar-refractivity contribution in [3.8, 4) is 0 Å². The second-order valence-corrected chi connectivity index (χ2v) is 38.7. The number of nitrogens with zero attached hydrogens (tertiary/aromatic N) is 2. The Labute approximate surface area is 683 Å². The number of phosphoric ester groups is 1. The number of nitrogens with one attached hydrogen (secondary N) is 4. The molecule has 0 aromatic heterocycles. The van der Waals surface area contributed by atoms with E-state index in [1.807, 2.05) is 0 Å². The Morgan fingerprint density at radius 3 is 1.80 bits per heavy atom. The van der Waals surface area contributed by atoms with Crippen molar-refractivity contribution in [1.29, 1.82) is 0 Å². The van der Waals surface area contributed by atoms with Crippen LogP contribution in [0.2, 0.25) is 0 Å². The molecule has 8 aliphatic rings. The van der Waals surface area contributed by atoms with Crippen molar-refractivity contribution < 1.29 is 131 Å². The summed E-state index contributed by atoms with van der Waals surface area (Å²) in [6.07, 6.45) is 4.43. The number of β-amino-alcohol motifs (C(OH)–C–C–N with tert-alkyl or cyclic N) is 1. The van der Waals surface area contributed by atoms with Gasteiger partial charge in [-0.2, -0.15) is 0 Å². The molecule has 8 rings (SSSR count). The molecular weight excluding hydrogens is 1560 g/mol. The van der Waals surface area contributed by atoms with Crippen LogP contribution in [0.4, 0.5) is 4.79 Å². The van der Waals surface area contributed by atoms with E-state index in [2.05, 4.69) is 62.0 Å². The molecule has 36 heteroatoms. The zero-order valence-corrected chi connectivity index (χ0v) is 71.0. The van der Waals surface area contributed by atoms with Crippen LogP contribution in [-0.2, 0) is 82.1 Å². The lowest BCUT2D eigenvalue weighted by atomic mass is 9.47. The summed E-state index contributed by atoms with van der Waals surface area (Å²) in [5, 5.41) is 102. The Morgan fingerprint density at radius 2 is 1.18 bits per heavy atom. The Hall–Kier alpha value is -3.52. The highest BCUT2D eigenvalue weighted by molar-refractivity contribution is 8.07. The first-order chi connectivity index (χ1) is 54.7. The Bertz CT molecular complexity index is 3190. The Balaban J connectivity index is 0.717. The van der Waals surface area contributed by atoms with Crippen molar-refractivity contribution in [3.63, 3.8) is 0 Å². The molecule has 15 unspecified atom stereocenters. The molecule has 25 atom stereocenters. The first-order valence-corrected chi connectivity index (χ1v) is 46.6. The molecular formula is C79H138N6O27P2S. The number of aliphatic hydroxyl groups is 9. The lowest BCUT2D eigenvalue weighted by molar-refractivity contribution is -0.301. The van der Waals surface area contributed by atoms with Gasteiger partial charge in [-0.25, -0.2) is 9.36 Å². The van der Waals surface area contributed by atoms with Gasteiger partial charge in [-0.1, -0.05) is 78.4 Å². The zero-order valence-electron chi connectivity index (χ0n) is 68.4. The highest BCUT2D eigenvalue weighted by Gasteiger charge is 2.60. The number of rotatable bonds is 48. The lowest BCUT2D eigenvalue weighted by Gasteiger charge is -2.58. The summed E-state index contributed by atoms with van der Waals surface area (Å²) in [6, 6.07) is -2.48. The van der Waals surface area contributed by atoms with E-state index in [4.69, 9.17) is 53.6 Å². The number of allylic oxidation sites excluding steroid dienone is 1. The van der Waals surface area contributed by atoms with Crippen LogP contribution in [0, 0.1) is 46.3 Å². The fourth-order valence-corrected chi connectivity index (χ4v) is 20.8. The second-order valence-electron chi connectivity index (χ2n) is 34.4. The van der Waals surface area contributed by atoms with Crippen LogP contribution < -0.4 is 21.3 Å². The van der Waals surface area contributed by atoms with Crippen LogP contribution >= 0.6 is 14.5 Å². The molecule has 4 saturated heterocycles. The van der Waals surface area contributed by atoms with Gasteiger partial charge in [-0.15, -0.1) is 0 Å². The van der Waals surface area contributed by atoms with Crippen molar-refractivity contribution >= 4 is 62.0 Å². The zero-order chi connectivity index (χ0) is 83.8. The van der Waals surface area contributed by atoms with E-state index in [1.54, 1.807) is 0 Å². The molecule has 662 valence electrons. The predicted octanol–water partition coefficient (Wildman–Crippen LogP) is 5.05. The monoisotopic (exact) mass is 1700 g/mol. The molecule has 15 N–H and O–H groups in total. The first kappa shape index (κ1) is 96.9. The van der Waals surface area contributed by atoms with Crippen LogP contribution in [0.5, 0.6) is 0 Å². The minimum atomic E-state index is -4.87. The summed E-state index contributed by atoms with van der Waals surface area (Å²) in [4.78, 5) is 105. The number of ether oxygens (including phenoxy) is 5. The molecule has 33 nitrogen and oxygen atoms in total. The molecule has 3 saturated carbocycles. The van der Waals surface area contributed by atoms with Crippen LogP contribution in [0.25, 0.3) is 0 Å². The highest BCUT2D eigenvalue weighted by atomic mass is 32.5. The number of aliphatic hydroxyl groups excluding tert-OH is 9. The van der Waals surface area contributed by atoms with Crippen molar-refractivity contribution in [1.82, 2.24) is 31.1 Å². The average molecular weight is 1700 g/mol. The van der Waals surface area contributed by atoms with E-state index in [1.165, 1.54) is 67.4 Å². The van der Waals surface area contributed by atoms with E-state index in [0.29, 0.717) is 88.5 Å². The SMILES string of the molecule is COP(O)(=S)OC[C@@H]1C[C@@H](OP(=O)(O)OC[C@@H]2C[C@@H](O)CN2C(=O)CCCCCNC(=O)[C@H](CCCCNC(=O)CCCCOC2OC(CO)C(O)C(O)C2O)NC(=O)CCCCOC2OC(CO)C(O)C(O)C2O)CN1C(=O)CCCCCNC(=O)OC1CC[C@@]2(C)C(=CC[C@@H]3[C@H]2CC[C@]2(C)C(C(C)CCCC(C)C)CC[C@H]32)C1. The Kier molecular flexibility index (Phi) is 39.3. The van der Waals surface area contributed by atoms with Gasteiger partial charge in [0.15, 0.2) is 12.6 Å². The molecule has 0 aromatic carbocycles. The average Bonchev–Trinajstić information content (AvgIpc) is 1.67. The Morgan fingerprint density at radius 1 is 0.609 bits per heavy atom. The second kappa shape index (κ2) is 46.7. The van der Waals surface area contributed by atoms with Gasteiger partial charge in [0.05, 0.1) is 50.7 Å². The highest BCUT2D eigenvalue weighted by Crippen LogP contribution is 2.67. The number of likely N-dealkylation sites (tertiary alicyclic amines) is 2. The predicted molar refractivity (Wildman–Crippen MR) is 424 cm³/mol. The number of phosphoric acid groups is 1. The molecule has 0 bridgehead atoms. The van der Waals surface area contributed by atoms with Gasteiger partial charge in [0.2, 0.25) is 29.5 Å². The molecule has 7 fully saturated rings. The number of carbonyl (C=O) groups excluding carboxylic acids is 6. The number of alkyl carbamates (subject to hydrolysis) is 1. The van der Waals surface area contributed by atoms with Gasteiger partial charge < -0.3 is 120 Å². The van der Waals surface area contributed by atoms with Crippen molar-refractivity contribution in [2.75, 3.05) is 79.5 Å². The van der Waals surface area contributed by atoms with Crippen molar-refractivity contribution in [3.05, 3.63) is 11.6 Å². The summed E-state index contributed by atoms with van der Waals surface area (Å²) in [6.45, 7) is 7.39. The minimum Gasteiger partial charge on any atom is -0.446 e. The summed E-state index contributed by atoms with van der Waals surface area (Å²) >= 11 is 5.06. The molecule has 6 amide bonds. The molecule has 4 aliphatic heterocycles. The first-order valence-electron chi connectivity index (χ1n) is 42.5. The maximum absolute atomic E-state index is 13.9. The van der Waals surface area contributed by atoms with Crippen LogP contribution in [-0.4, -0.2) is 278 Å². The minimum absolute atomic E-state index is 0.0128. The summed E-state index contributed by atoms with van der Waals surface area (Å²) in [7, 11) is -3.67. The summed E-state index contributed by atoms with van der Waals surface area (Å²) < 4.78 is 63.0. The van der Waals surface area contributed by atoms with E-state index in [-0.39, 0.29) is 127 Å². The molecule has 0 aromatic rings. The molecule has 4 aliphatic carbocycles. The molecule has 0 spiro atoms. The van der Waals surface area contributed by atoms with Gasteiger partial charge in [0, 0.05) is 85.2 Å². The van der Waals surface area contributed by atoms with E-state index in [9.17, 15) is 89.1 Å². The normalized spacial score (nSPS) is 33.5. The standard InChI is InChI=1S/C79H138N6O27P2S/c1-49(2)20-19-21-50(3)58-29-30-59-57-28-27-51-40-55(31-33-78(51,4)60(57)32-34-79(58,59)5)109-77(100)82-37-15-8-10-26-67(92)85-44-56(42-53(85)48-108-114(103,115)104-6)112-113(101,102)107-47-52-41-54(88)43-84(52)66(91)25-9-7-14-36-81-74(99)61(83-65(90)24-13-18-39-106-76-73(98)71(96)69(94)63(46-87)111-76)22-11-16-35-80-64(89)23-12-17-38-105-75-72(97)70(95)68(93)62(45-86)110-75/h27,49-50,52-63,68-73,75-76,86-88,93-98H,7-26,28-48H2,1-6H3,(H,80,89)(H,81,99)(H,82,100)(H,83,90)(H,101,102)(H,103,115)/t50?,52-,53-,54+,55?,56+,57-,58?,59+,60+,61-,62?,63?,68?,69?,70?,71?,72?,73?,75?,76?,78-,79+,114?/m0/s1. The van der Waals surface area contributed by atoms with Crippen LogP contribution in [0.15, 0.2) is 11.6 Å². The van der Waals surface area contributed by atoms with Gasteiger partial charge in [-0.3, -0.25) is 33.0 Å². The van der Waals surface area contributed by atoms with Gasteiger partial charge in [0.1, 0.15) is 61.0 Å². The largest absolute Gasteiger partial charge is 0.472 e. The van der Waals surface area contributed by atoms with Crippen molar-refractivity contribution in [2.45, 2.75) is 325 Å². The van der Waals surface area contributed by atoms with Gasteiger partial charge in [0.25, 0.3) is 0 Å². The van der Waals surface area contributed by atoms with Crippen LogP contribution in [0.3, 0.4) is 0 Å². The molecule has 115 heavy (non-hydrogen) atoms. The number of hydrogen-bond acceptors (Lipinski definition) is 26. The van der Waals surface area contributed by atoms with E-state index < -0.39 is 144 Å². The number of unbranched alkanes of at least 4 members (excludes halogenated alkanes) is 7. The molecule has 0 radical (unpaired) electrons. The third-order valence-corrected chi connectivity index (χ3v) is 28.5. The maximum atomic E-state index is 13.9. The number of amides is 6. The number of carbonyl (C=O) groups is 6. The van der Waals surface area contributed by atoms with Crippen molar-refractivity contribution in [2.24, 2.45) is 46.3 Å². The smallest absolute Gasteiger partial charge is 0.446 e. The maximum Gasteiger partial charge on any atom is 0.472 e. The fourth-order valence-electron chi connectivity index (χ4n) is 19.2. The van der Waals surface area contributed by atoms with Crippen LogP contribution in [0.1, 0.15) is 227 Å². The van der Waals surface area contributed by atoms with E-state index in [0.717, 1.165) is 55.3 Å². The topological polar surface area (TPSA) is 480 Å². The quantitative estimate of drug-likeness (QED) is 0.0215. The molecule has 4 heterocycles. The number of fused-ring (bicyclic) bond motifs is 5. The third-order valence-electron chi connectivity index (χ3n) is 25.8. The van der Waals surface area contributed by atoms with Gasteiger partial charge in [-0.05, 0) is 187 Å². The third kappa shape index (κ3) is 28.3. The summed E-state index contributed by atoms with van der Waals surface area (Å²) in [5.74, 6) is 2.71. The lowest BCUT2D eigenvalue weighted by Crippen LogP contribution is -2.59. The van der Waals surface area contributed by atoms with E-state index >= 15 is 0 Å². The van der Waals surface area contributed by atoms with Gasteiger partial charge >= 0.3 is 20.6 Å². The number of hydrogen-bond donors (Lipinski definition) is 15. The fraction of sp³-hybridized carbons (Fsp3) is 0.899.